The van der Waals surface area contributed by atoms with Crippen LogP contribution in [0.4, 0.5) is 0 Å². The van der Waals surface area contributed by atoms with E-state index in [-0.39, 0.29) is 5.91 Å². The van der Waals surface area contributed by atoms with Crippen LogP contribution in [0.5, 0.6) is 0 Å². The van der Waals surface area contributed by atoms with Crippen LogP contribution in [0.3, 0.4) is 0 Å². The molecule has 0 radical (unpaired) electrons. The van der Waals surface area contributed by atoms with Crippen molar-refractivity contribution in [2.75, 3.05) is 7.05 Å². The summed E-state index contributed by atoms with van der Waals surface area (Å²) < 4.78 is 2.12. The minimum Gasteiger partial charge on any atom is -0.334 e. The first-order chi connectivity index (χ1) is 9.40. The number of rotatable bonds is 0. The Balaban J connectivity index is 2.40. The fourth-order valence-corrected chi connectivity index (χ4v) is 2.75. The zero-order chi connectivity index (χ0) is 14.6. The quantitative estimate of drug-likeness (QED) is 0.737. The third-order valence-corrected chi connectivity index (χ3v) is 4.22. The molecule has 3 rings (SSSR count). The Morgan fingerprint density at radius 2 is 1.75 bits per heavy atom. The van der Waals surface area contributed by atoms with Gasteiger partial charge in [-0.05, 0) is 51.0 Å². The van der Waals surface area contributed by atoms with Crippen LogP contribution in [0, 0.1) is 27.7 Å². The fourth-order valence-electron chi connectivity index (χ4n) is 2.75. The van der Waals surface area contributed by atoms with Crippen molar-refractivity contribution in [2.24, 2.45) is 0 Å². The highest BCUT2D eigenvalue weighted by atomic mass is 16.2. The smallest absolute Gasteiger partial charge is 0.256 e. The van der Waals surface area contributed by atoms with E-state index in [0.29, 0.717) is 6.54 Å². The monoisotopic (exact) mass is 269 g/mol. The first kappa shape index (κ1) is 12.9. The van der Waals surface area contributed by atoms with Crippen LogP contribution in [-0.4, -0.2) is 27.4 Å². The summed E-state index contributed by atoms with van der Waals surface area (Å²) >= 11 is 0. The maximum Gasteiger partial charge on any atom is 0.256 e. The number of nitrogens with zero attached hydrogens (tertiary/aromatic N) is 3. The number of aromatic nitrogens is 2. The Hall–Kier alpha value is -2.10. The van der Waals surface area contributed by atoms with Crippen molar-refractivity contribution in [2.45, 2.75) is 34.2 Å². The molecule has 2 aromatic rings. The van der Waals surface area contributed by atoms with Crippen LogP contribution < -0.4 is 0 Å². The molecule has 1 aromatic heterocycles. The number of carbonyl (C=O) groups is 1. The lowest BCUT2D eigenvalue weighted by Crippen LogP contribution is -2.25. The summed E-state index contributed by atoms with van der Waals surface area (Å²) in [5.41, 5.74) is 6.17. The number of carbonyl (C=O) groups excluding carboxylic acids is 1. The Morgan fingerprint density at radius 1 is 1.10 bits per heavy atom. The second-order valence-electron chi connectivity index (χ2n) is 5.65. The van der Waals surface area contributed by atoms with Gasteiger partial charge in [0.15, 0.2) is 0 Å². The highest BCUT2D eigenvalue weighted by molar-refractivity contribution is 5.98. The lowest BCUT2D eigenvalue weighted by molar-refractivity contribution is 0.0786. The van der Waals surface area contributed by atoms with Crippen molar-refractivity contribution in [3.8, 4) is 5.69 Å². The van der Waals surface area contributed by atoms with E-state index in [9.17, 15) is 4.79 Å². The number of hydrogen-bond donors (Lipinski definition) is 0. The standard InChI is InChI=1S/C16H19N3O/c1-9-6-13-14(7-10(9)2)19-12(4)11(3)17-15(19)8-18(5)16(13)20/h6-7H,8H2,1-5H3. The van der Waals surface area contributed by atoms with Gasteiger partial charge in [0.1, 0.15) is 5.82 Å². The van der Waals surface area contributed by atoms with Crippen molar-refractivity contribution in [1.82, 2.24) is 14.5 Å². The predicted octanol–water partition coefficient (Wildman–Crippen LogP) is 2.69. The van der Waals surface area contributed by atoms with E-state index in [1.165, 1.54) is 5.56 Å². The zero-order valence-electron chi connectivity index (χ0n) is 12.6. The first-order valence-electron chi connectivity index (χ1n) is 6.82. The van der Waals surface area contributed by atoms with Crippen LogP contribution in [0.2, 0.25) is 0 Å². The van der Waals surface area contributed by atoms with Crippen LogP contribution in [0.15, 0.2) is 12.1 Å². The molecule has 104 valence electrons. The van der Waals surface area contributed by atoms with E-state index in [2.05, 4.69) is 29.5 Å². The number of hydrogen-bond acceptors (Lipinski definition) is 2. The summed E-state index contributed by atoms with van der Waals surface area (Å²) in [7, 11) is 1.83. The molecule has 4 heteroatoms. The van der Waals surface area contributed by atoms with Crippen LogP contribution >= 0.6 is 0 Å². The fraction of sp³-hybridized carbons (Fsp3) is 0.375. The van der Waals surface area contributed by atoms with Gasteiger partial charge in [-0.1, -0.05) is 0 Å². The summed E-state index contributed by atoms with van der Waals surface area (Å²) in [5.74, 6) is 0.989. The normalized spacial score (nSPS) is 14.1. The number of imidazole rings is 1. The van der Waals surface area contributed by atoms with Crippen LogP contribution in [0.1, 0.15) is 38.7 Å². The molecule has 0 saturated carbocycles. The van der Waals surface area contributed by atoms with E-state index in [4.69, 9.17) is 0 Å². The predicted molar refractivity (Wildman–Crippen MR) is 78.3 cm³/mol. The lowest BCUT2D eigenvalue weighted by atomic mass is 10.0. The van der Waals surface area contributed by atoms with Gasteiger partial charge in [0.2, 0.25) is 0 Å². The van der Waals surface area contributed by atoms with Gasteiger partial charge in [-0.3, -0.25) is 9.36 Å². The Labute approximate surface area is 119 Å². The second kappa shape index (κ2) is 4.20. The van der Waals surface area contributed by atoms with E-state index in [0.717, 1.165) is 34.0 Å². The number of aryl methyl sites for hydroxylation is 3. The third-order valence-electron chi connectivity index (χ3n) is 4.22. The van der Waals surface area contributed by atoms with E-state index < -0.39 is 0 Å². The van der Waals surface area contributed by atoms with Gasteiger partial charge < -0.3 is 4.90 Å². The Bertz CT molecular complexity index is 728. The maximum atomic E-state index is 12.5. The van der Waals surface area contributed by atoms with Gasteiger partial charge >= 0.3 is 0 Å². The molecule has 0 atom stereocenters. The summed E-state index contributed by atoms with van der Waals surface area (Å²) in [6, 6.07) is 4.09. The highest BCUT2D eigenvalue weighted by Crippen LogP contribution is 2.28. The molecule has 0 aliphatic carbocycles. The number of amides is 1. The Morgan fingerprint density at radius 3 is 2.45 bits per heavy atom. The summed E-state index contributed by atoms with van der Waals surface area (Å²) in [5, 5.41) is 0. The zero-order valence-corrected chi connectivity index (χ0v) is 12.6. The van der Waals surface area contributed by atoms with Crippen molar-refractivity contribution in [3.05, 3.63) is 46.0 Å². The topological polar surface area (TPSA) is 38.1 Å². The minimum absolute atomic E-state index is 0.0608. The van der Waals surface area contributed by atoms with E-state index in [1.54, 1.807) is 4.90 Å². The molecule has 0 N–H and O–H groups in total. The highest BCUT2D eigenvalue weighted by Gasteiger charge is 2.26. The molecule has 0 saturated heterocycles. The third kappa shape index (κ3) is 1.68. The Kier molecular flexibility index (Phi) is 2.71. The number of benzene rings is 1. The van der Waals surface area contributed by atoms with E-state index in [1.807, 2.05) is 27.0 Å². The van der Waals surface area contributed by atoms with Gasteiger partial charge in [0.25, 0.3) is 5.91 Å². The number of fused-ring (bicyclic) bond motifs is 3. The SMILES string of the molecule is Cc1cc2c(cc1C)-n1c(nc(C)c1C)CN(C)C2=O. The van der Waals surface area contributed by atoms with Crippen molar-refractivity contribution in [1.29, 1.82) is 0 Å². The molecule has 0 bridgehead atoms. The average Bonchev–Trinajstić information content (AvgIpc) is 2.61. The molecule has 0 spiro atoms. The average molecular weight is 269 g/mol. The van der Waals surface area contributed by atoms with Gasteiger partial charge in [-0.25, -0.2) is 4.98 Å². The van der Waals surface area contributed by atoms with Crippen LogP contribution in [0.25, 0.3) is 5.69 Å². The van der Waals surface area contributed by atoms with Crippen molar-refractivity contribution >= 4 is 5.91 Å². The van der Waals surface area contributed by atoms with Crippen molar-refractivity contribution in [3.63, 3.8) is 0 Å². The molecule has 1 aromatic carbocycles. The lowest BCUT2D eigenvalue weighted by Gasteiger charge is -2.15. The molecular weight excluding hydrogens is 250 g/mol. The summed E-state index contributed by atoms with van der Waals surface area (Å²) in [4.78, 5) is 18.9. The van der Waals surface area contributed by atoms with Gasteiger partial charge in [0, 0.05) is 12.7 Å². The molecule has 1 amide bonds. The molecule has 4 nitrogen and oxygen atoms in total. The van der Waals surface area contributed by atoms with Gasteiger partial charge in [-0.2, -0.15) is 0 Å². The summed E-state index contributed by atoms with van der Waals surface area (Å²) in [6.45, 7) is 8.73. The van der Waals surface area contributed by atoms with Gasteiger partial charge in [-0.15, -0.1) is 0 Å². The molecule has 2 heterocycles. The van der Waals surface area contributed by atoms with E-state index >= 15 is 0 Å². The molecule has 0 fully saturated rings. The largest absolute Gasteiger partial charge is 0.334 e. The molecule has 20 heavy (non-hydrogen) atoms. The maximum absolute atomic E-state index is 12.5. The van der Waals surface area contributed by atoms with Crippen LogP contribution in [-0.2, 0) is 6.54 Å². The first-order valence-corrected chi connectivity index (χ1v) is 6.82. The molecule has 1 aliphatic heterocycles. The molecule has 0 unspecified atom stereocenters. The molecule has 1 aliphatic rings. The van der Waals surface area contributed by atoms with Crippen molar-refractivity contribution < 1.29 is 4.79 Å². The summed E-state index contributed by atoms with van der Waals surface area (Å²) in [6.07, 6.45) is 0. The van der Waals surface area contributed by atoms with Gasteiger partial charge in [0.05, 0.1) is 23.5 Å². The minimum atomic E-state index is 0.0608. The molecular formula is C16H19N3O. The second-order valence-corrected chi connectivity index (χ2v) is 5.65.